The van der Waals surface area contributed by atoms with Gasteiger partial charge in [-0.15, -0.1) is 0 Å². The highest BCUT2D eigenvalue weighted by Crippen LogP contribution is 2.23. The molecule has 1 N–H and O–H groups in total. The first-order chi connectivity index (χ1) is 15.1. The van der Waals surface area contributed by atoms with Gasteiger partial charge < -0.3 is 19.7 Å². The summed E-state index contributed by atoms with van der Waals surface area (Å²) in [5.41, 5.74) is 0.882. The lowest BCUT2D eigenvalue weighted by molar-refractivity contribution is 0.0515. The van der Waals surface area contributed by atoms with Crippen molar-refractivity contribution in [1.82, 2.24) is 20.0 Å². The van der Waals surface area contributed by atoms with Gasteiger partial charge in [0.25, 0.3) is 5.91 Å². The van der Waals surface area contributed by atoms with Crippen LogP contribution in [0, 0.1) is 11.7 Å². The molecule has 1 unspecified atom stereocenters. The van der Waals surface area contributed by atoms with Crippen molar-refractivity contribution in [2.75, 3.05) is 26.7 Å². The molecule has 0 fully saturated rings. The molecule has 8 nitrogen and oxygen atoms in total. The minimum atomic E-state index is -0.544. The molecule has 1 aromatic heterocycles. The van der Waals surface area contributed by atoms with Gasteiger partial charge >= 0.3 is 6.09 Å². The number of amides is 2. The van der Waals surface area contributed by atoms with E-state index in [0.717, 1.165) is 12.1 Å². The van der Waals surface area contributed by atoms with Gasteiger partial charge in [0.2, 0.25) is 0 Å². The number of alkyl carbamates (subject to hydrolysis) is 1. The van der Waals surface area contributed by atoms with Gasteiger partial charge in [0.1, 0.15) is 23.8 Å². The number of aryl methyl sites for hydroxylation is 1. The molecule has 2 heterocycles. The molecule has 0 aliphatic carbocycles. The number of rotatable bonds is 7. The van der Waals surface area contributed by atoms with Gasteiger partial charge in [0.05, 0.1) is 24.0 Å². The third-order valence-electron chi connectivity index (χ3n) is 5.18. The summed E-state index contributed by atoms with van der Waals surface area (Å²) in [6, 6.07) is 5.90. The number of halogens is 1. The van der Waals surface area contributed by atoms with Crippen LogP contribution in [0.3, 0.4) is 0 Å². The molecule has 2 aromatic rings. The highest BCUT2D eigenvalue weighted by atomic mass is 19.1. The second kappa shape index (κ2) is 10.0. The van der Waals surface area contributed by atoms with E-state index in [1.165, 1.54) is 12.1 Å². The lowest BCUT2D eigenvalue weighted by Crippen LogP contribution is -2.37. The first-order valence-corrected chi connectivity index (χ1v) is 10.8. The third-order valence-corrected chi connectivity index (χ3v) is 5.18. The van der Waals surface area contributed by atoms with Crippen molar-refractivity contribution in [1.29, 1.82) is 0 Å². The Morgan fingerprint density at radius 3 is 2.84 bits per heavy atom. The number of likely N-dealkylation sites (N-methyl/N-ethyl adjacent to an activating group) is 1. The molecule has 0 spiro atoms. The largest absolute Gasteiger partial charge is 0.492 e. The van der Waals surface area contributed by atoms with Gasteiger partial charge in [-0.05, 0) is 51.7 Å². The van der Waals surface area contributed by atoms with Crippen LogP contribution >= 0.6 is 0 Å². The molecule has 174 valence electrons. The second-order valence-electron chi connectivity index (χ2n) is 9.00. The van der Waals surface area contributed by atoms with Crippen LogP contribution in [-0.4, -0.2) is 59.0 Å². The van der Waals surface area contributed by atoms with Crippen molar-refractivity contribution in [2.24, 2.45) is 5.92 Å². The maximum atomic E-state index is 13.2. The van der Waals surface area contributed by atoms with E-state index in [9.17, 15) is 14.0 Å². The second-order valence-corrected chi connectivity index (χ2v) is 9.00. The average molecular weight is 447 g/mol. The van der Waals surface area contributed by atoms with Crippen LogP contribution in [0.1, 0.15) is 43.2 Å². The van der Waals surface area contributed by atoms with Crippen molar-refractivity contribution >= 4 is 12.0 Å². The van der Waals surface area contributed by atoms with Gasteiger partial charge in [-0.2, -0.15) is 5.10 Å². The normalized spacial score (nSPS) is 15.6. The summed E-state index contributed by atoms with van der Waals surface area (Å²) in [6.45, 7) is 7.23. The Hall–Kier alpha value is -3.10. The molecule has 0 saturated heterocycles. The molecule has 3 rings (SSSR count). The van der Waals surface area contributed by atoms with E-state index in [4.69, 9.17) is 9.47 Å². The molecule has 2 amide bonds. The maximum Gasteiger partial charge on any atom is 0.407 e. The minimum Gasteiger partial charge on any atom is -0.492 e. The summed E-state index contributed by atoms with van der Waals surface area (Å²) in [5, 5.41) is 7.18. The molecule has 0 bridgehead atoms. The standard InChI is InChI=1S/C23H31FN4O4/c1-23(2,3)32-22(30)25-14-16-8-9-28-20(12-16)19(15-26-28)21(29)27(4)10-11-31-18-7-5-6-17(24)13-18/h5-7,13,15-16H,8-12,14H2,1-4H3,(H,25,30). The zero-order valence-electron chi connectivity index (χ0n) is 19.1. The molecule has 1 aromatic carbocycles. The topological polar surface area (TPSA) is 85.7 Å². The Kier molecular flexibility index (Phi) is 7.37. The molecule has 0 radical (unpaired) electrons. The smallest absolute Gasteiger partial charge is 0.407 e. The monoisotopic (exact) mass is 446 g/mol. The van der Waals surface area contributed by atoms with Crippen molar-refractivity contribution < 1.29 is 23.5 Å². The number of benzene rings is 1. The summed E-state index contributed by atoms with van der Waals surface area (Å²) in [4.78, 5) is 26.5. The quantitative estimate of drug-likeness (QED) is 0.706. The fourth-order valence-electron chi connectivity index (χ4n) is 3.56. The molecule has 1 aliphatic rings. The number of nitrogens with zero attached hydrogens (tertiary/aromatic N) is 3. The van der Waals surface area contributed by atoms with Crippen LogP contribution in [0.2, 0.25) is 0 Å². The Balaban J connectivity index is 1.53. The number of hydrogen-bond acceptors (Lipinski definition) is 5. The number of aromatic nitrogens is 2. The van der Waals surface area contributed by atoms with Crippen LogP contribution < -0.4 is 10.1 Å². The van der Waals surface area contributed by atoms with Gasteiger partial charge in [-0.3, -0.25) is 9.48 Å². The van der Waals surface area contributed by atoms with E-state index in [1.807, 2.05) is 25.5 Å². The summed E-state index contributed by atoms with van der Waals surface area (Å²) in [7, 11) is 1.70. The highest BCUT2D eigenvalue weighted by Gasteiger charge is 2.27. The number of hydrogen-bond donors (Lipinski definition) is 1. The first kappa shape index (κ1) is 23.6. The summed E-state index contributed by atoms with van der Waals surface area (Å²) in [6.07, 6.45) is 2.66. The van der Waals surface area contributed by atoms with Crippen LogP contribution in [0.4, 0.5) is 9.18 Å². The van der Waals surface area contributed by atoms with Gasteiger partial charge in [-0.25, -0.2) is 9.18 Å². The molecule has 9 heteroatoms. The fourth-order valence-corrected chi connectivity index (χ4v) is 3.56. The fraction of sp³-hybridized carbons (Fsp3) is 0.522. The highest BCUT2D eigenvalue weighted by molar-refractivity contribution is 5.95. The van der Waals surface area contributed by atoms with E-state index in [1.54, 1.807) is 30.3 Å². The predicted octanol–water partition coefficient (Wildman–Crippen LogP) is 3.26. The van der Waals surface area contributed by atoms with E-state index < -0.39 is 11.7 Å². The van der Waals surface area contributed by atoms with Gasteiger partial charge in [0.15, 0.2) is 0 Å². The molecule has 32 heavy (non-hydrogen) atoms. The van der Waals surface area contributed by atoms with Crippen LogP contribution in [0.5, 0.6) is 5.75 Å². The first-order valence-electron chi connectivity index (χ1n) is 10.8. The lowest BCUT2D eigenvalue weighted by Gasteiger charge is -2.26. The molecular weight excluding hydrogens is 415 g/mol. The number of nitrogens with one attached hydrogen (secondary N) is 1. The Bertz CT molecular complexity index is 954. The number of fused-ring (bicyclic) bond motifs is 1. The Labute approximate surface area is 187 Å². The van der Waals surface area contributed by atoms with Crippen molar-refractivity contribution in [3.05, 3.63) is 47.5 Å². The van der Waals surface area contributed by atoms with Crippen LogP contribution in [-0.2, 0) is 17.7 Å². The Morgan fingerprint density at radius 1 is 1.34 bits per heavy atom. The summed E-state index contributed by atoms with van der Waals surface area (Å²) in [5.74, 6) is 0.109. The Morgan fingerprint density at radius 2 is 2.12 bits per heavy atom. The third kappa shape index (κ3) is 6.45. The predicted molar refractivity (Wildman–Crippen MR) is 117 cm³/mol. The molecule has 0 saturated carbocycles. The van der Waals surface area contributed by atoms with E-state index in [2.05, 4.69) is 10.4 Å². The maximum absolute atomic E-state index is 13.2. The van der Waals surface area contributed by atoms with Gasteiger partial charge in [0, 0.05) is 26.2 Å². The van der Waals surface area contributed by atoms with E-state index in [0.29, 0.717) is 37.4 Å². The zero-order chi connectivity index (χ0) is 23.3. The summed E-state index contributed by atoms with van der Waals surface area (Å²) < 4.78 is 25.9. The van der Waals surface area contributed by atoms with Gasteiger partial charge in [-0.1, -0.05) is 6.07 Å². The molecule has 1 atom stereocenters. The number of carbonyl (C=O) groups is 2. The van der Waals surface area contributed by atoms with E-state index in [-0.39, 0.29) is 24.2 Å². The molecular formula is C23H31FN4O4. The van der Waals surface area contributed by atoms with Crippen LogP contribution in [0.15, 0.2) is 30.5 Å². The average Bonchev–Trinajstić information content (AvgIpc) is 3.13. The lowest BCUT2D eigenvalue weighted by atomic mass is 9.94. The van der Waals surface area contributed by atoms with Crippen molar-refractivity contribution in [3.8, 4) is 5.75 Å². The van der Waals surface area contributed by atoms with E-state index >= 15 is 0 Å². The SMILES string of the molecule is CN(CCOc1cccc(F)c1)C(=O)c1cnn2c1CC(CNC(=O)OC(C)(C)C)CC2. The summed E-state index contributed by atoms with van der Waals surface area (Å²) >= 11 is 0. The zero-order valence-corrected chi connectivity index (χ0v) is 19.1. The van der Waals surface area contributed by atoms with Crippen molar-refractivity contribution in [2.45, 2.75) is 45.8 Å². The number of carbonyl (C=O) groups excluding carboxylic acids is 2. The van der Waals surface area contributed by atoms with Crippen molar-refractivity contribution in [3.63, 3.8) is 0 Å². The number of ether oxygens (including phenoxy) is 2. The minimum absolute atomic E-state index is 0.144. The van der Waals surface area contributed by atoms with Crippen LogP contribution in [0.25, 0.3) is 0 Å². The molecule has 1 aliphatic heterocycles.